The summed E-state index contributed by atoms with van der Waals surface area (Å²) in [6, 6.07) is 4.15. The molecule has 0 spiro atoms. The molecule has 0 aromatic heterocycles. The van der Waals surface area contributed by atoms with Crippen LogP contribution in [0.15, 0.2) is 18.2 Å². The standard InChI is InChI=1S/C13H16ClFN2O.ClH/c14-9-4-5-11(10(15)8-9)17-12(18)13(16)6-2-1-3-7-13;/h4-5,8H,1-3,6-7,16H2,(H,17,18);1H. The van der Waals surface area contributed by atoms with E-state index in [0.717, 1.165) is 19.3 Å². The number of nitrogens with one attached hydrogen (secondary N) is 1. The van der Waals surface area contributed by atoms with Gasteiger partial charge >= 0.3 is 0 Å². The summed E-state index contributed by atoms with van der Waals surface area (Å²) < 4.78 is 13.6. The van der Waals surface area contributed by atoms with Crippen LogP contribution in [-0.2, 0) is 4.79 Å². The first-order valence-electron chi connectivity index (χ1n) is 6.07. The van der Waals surface area contributed by atoms with Crippen molar-refractivity contribution in [1.29, 1.82) is 0 Å². The maximum absolute atomic E-state index is 13.6. The first kappa shape index (κ1) is 16.2. The van der Waals surface area contributed by atoms with E-state index in [1.165, 1.54) is 18.2 Å². The molecule has 0 heterocycles. The van der Waals surface area contributed by atoms with Gasteiger partial charge in [0.2, 0.25) is 5.91 Å². The van der Waals surface area contributed by atoms with Gasteiger partial charge in [0.05, 0.1) is 11.2 Å². The zero-order valence-corrected chi connectivity index (χ0v) is 12.0. The third-order valence-corrected chi connectivity index (χ3v) is 3.61. The molecule has 1 amide bonds. The van der Waals surface area contributed by atoms with E-state index in [4.69, 9.17) is 17.3 Å². The van der Waals surface area contributed by atoms with Gasteiger partial charge in [0.15, 0.2) is 0 Å². The summed E-state index contributed by atoms with van der Waals surface area (Å²) in [4.78, 5) is 12.1. The van der Waals surface area contributed by atoms with Gasteiger partial charge in [-0.05, 0) is 31.0 Å². The number of rotatable bonds is 2. The number of hydrogen-bond acceptors (Lipinski definition) is 2. The minimum absolute atomic E-state index is 0. The quantitative estimate of drug-likeness (QED) is 0.878. The molecule has 0 bridgehead atoms. The van der Waals surface area contributed by atoms with Gasteiger partial charge in [0.1, 0.15) is 5.82 Å². The molecule has 6 heteroatoms. The van der Waals surface area contributed by atoms with Crippen LogP contribution in [0, 0.1) is 5.82 Å². The SMILES string of the molecule is Cl.NC1(C(=O)Nc2ccc(Cl)cc2F)CCCCC1. The summed E-state index contributed by atoms with van der Waals surface area (Å²) in [6.45, 7) is 0. The molecular formula is C13H17Cl2FN2O. The monoisotopic (exact) mass is 306 g/mol. The molecule has 0 unspecified atom stereocenters. The predicted octanol–water partition coefficient (Wildman–Crippen LogP) is 3.50. The number of halogens is 3. The second-order valence-corrected chi connectivity index (χ2v) is 5.23. The average molecular weight is 307 g/mol. The van der Waals surface area contributed by atoms with E-state index in [1.807, 2.05) is 0 Å². The smallest absolute Gasteiger partial charge is 0.244 e. The van der Waals surface area contributed by atoms with Crippen molar-refractivity contribution in [3.8, 4) is 0 Å². The van der Waals surface area contributed by atoms with Crippen molar-refractivity contribution in [3.63, 3.8) is 0 Å². The van der Waals surface area contributed by atoms with Gasteiger partial charge in [0.25, 0.3) is 0 Å². The first-order chi connectivity index (χ1) is 8.51. The van der Waals surface area contributed by atoms with Crippen molar-refractivity contribution >= 4 is 35.6 Å². The van der Waals surface area contributed by atoms with Gasteiger partial charge in [-0.3, -0.25) is 4.79 Å². The van der Waals surface area contributed by atoms with Gasteiger partial charge < -0.3 is 11.1 Å². The highest BCUT2D eigenvalue weighted by Crippen LogP contribution is 2.28. The fourth-order valence-corrected chi connectivity index (χ4v) is 2.41. The zero-order valence-electron chi connectivity index (χ0n) is 10.4. The molecule has 0 aliphatic heterocycles. The van der Waals surface area contributed by atoms with E-state index in [0.29, 0.717) is 17.9 Å². The molecule has 1 fully saturated rings. The minimum Gasteiger partial charge on any atom is -0.322 e. The van der Waals surface area contributed by atoms with Gasteiger partial charge in [-0.2, -0.15) is 0 Å². The Kier molecular flexibility index (Phi) is 5.59. The first-order valence-corrected chi connectivity index (χ1v) is 6.44. The Balaban J connectivity index is 0.00000180. The molecule has 1 aliphatic rings. The Bertz CT molecular complexity index is 462. The van der Waals surface area contributed by atoms with Crippen LogP contribution in [0.4, 0.5) is 10.1 Å². The van der Waals surface area contributed by atoms with Gasteiger partial charge in [-0.25, -0.2) is 4.39 Å². The molecular weight excluding hydrogens is 290 g/mol. The lowest BCUT2D eigenvalue weighted by Gasteiger charge is -2.31. The number of carbonyl (C=O) groups is 1. The Hall–Kier alpha value is -0.840. The molecule has 1 aliphatic carbocycles. The summed E-state index contributed by atoms with van der Waals surface area (Å²) >= 11 is 5.65. The van der Waals surface area contributed by atoms with E-state index >= 15 is 0 Å². The molecule has 2 rings (SSSR count). The Morgan fingerprint density at radius 1 is 1.32 bits per heavy atom. The number of hydrogen-bond donors (Lipinski definition) is 2. The number of nitrogens with two attached hydrogens (primary N) is 1. The fourth-order valence-electron chi connectivity index (χ4n) is 2.25. The van der Waals surface area contributed by atoms with Crippen molar-refractivity contribution in [2.45, 2.75) is 37.6 Å². The van der Waals surface area contributed by atoms with E-state index in [1.54, 1.807) is 0 Å². The number of benzene rings is 1. The largest absolute Gasteiger partial charge is 0.322 e. The molecule has 0 saturated heterocycles. The Labute approximate surface area is 123 Å². The number of amides is 1. The van der Waals surface area contributed by atoms with Crippen LogP contribution >= 0.6 is 24.0 Å². The van der Waals surface area contributed by atoms with Crippen LogP contribution in [-0.4, -0.2) is 11.4 Å². The van der Waals surface area contributed by atoms with Crippen LogP contribution in [0.2, 0.25) is 5.02 Å². The molecule has 3 N–H and O–H groups in total. The summed E-state index contributed by atoms with van der Waals surface area (Å²) in [5, 5.41) is 2.85. The summed E-state index contributed by atoms with van der Waals surface area (Å²) in [7, 11) is 0. The highest BCUT2D eigenvalue weighted by atomic mass is 35.5. The van der Waals surface area contributed by atoms with Crippen molar-refractivity contribution in [1.82, 2.24) is 0 Å². The highest BCUT2D eigenvalue weighted by Gasteiger charge is 2.35. The zero-order chi connectivity index (χ0) is 13.2. The second kappa shape index (κ2) is 6.55. The fraction of sp³-hybridized carbons (Fsp3) is 0.462. The van der Waals surface area contributed by atoms with Crippen molar-refractivity contribution < 1.29 is 9.18 Å². The maximum Gasteiger partial charge on any atom is 0.244 e. The van der Waals surface area contributed by atoms with E-state index in [-0.39, 0.29) is 24.0 Å². The van der Waals surface area contributed by atoms with Crippen molar-refractivity contribution in [2.24, 2.45) is 5.73 Å². The third kappa shape index (κ3) is 3.81. The lowest BCUT2D eigenvalue weighted by molar-refractivity contribution is -0.122. The molecule has 106 valence electrons. The topological polar surface area (TPSA) is 55.1 Å². The average Bonchev–Trinajstić information content (AvgIpc) is 2.33. The van der Waals surface area contributed by atoms with Crippen LogP contribution in [0.1, 0.15) is 32.1 Å². The maximum atomic E-state index is 13.6. The van der Waals surface area contributed by atoms with Gasteiger partial charge in [-0.15, -0.1) is 12.4 Å². The van der Waals surface area contributed by atoms with Gasteiger partial charge in [0, 0.05) is 5.02 Å². The summed E-state index contributed by atoms with van der Waals surface area (Å²) in [5.41, 5.74) is 5.32. The molecule has 0 radical (unpaired) electrons. The molecule has 1 aromatic rings. The lowest BCUT2D eigenvalue weighted by Crippen LogP contribution is -2.52. The molecule has 3 nitrogen and oxygen atoms in total. The highest BCUT2D eigenvalue weighted by molar-refractivity contribution is 6.30. The van der Waals surface area contributed by atoms with Gasteiger partial charge in [-0.1, -0.05) is 30.9 Å². The van der Waals surface area contributed by atoms with Crippen LogP contribution in [0.3, 0.4) is 0 Å². The number of anilines is 1. The molecule has 19 heavy (non-hydrogen) atoms. The van der Waals surface area contributed by atoms with Crippen LogP contribution < -0.4 is 11.1 Å². The normalized spacial score (nSPS) is 17.4. The lowest BCUT2D eigenvalue weighted by atomic mass is 9.82. The van der Waals surface area contributed by atoms with E-state index in [2.05, 4.69) is 5.32 Å². The van der Waals surface area contributed by atoms with E-state index < -0.39 is 11.4 Å². The Morgan fingerprint density at radius 2 is 1.95 bits per heavy atom. The molecule has 1 aromatic carbocycles. The predicted molar refractivity (Wildman–Crippen MR) is 77.3 cm³/mol. The molecule has 1 saturated carbocycles. The summed E-state index contributed by atoms with van der Waals surface area (Å²) in [6.07, 6.45) is 4.27. The number of carbonyl (C=O) groups excluding carboxylic acids is 1. The van der Waals surface area contributed by atoms with Crippen molar-refractivity contribution in [2.75, 3.05) is 5.32 Å². The van der Waals surface area contributed by atoms with E-state index in [9.17, 15) is 9.18 Å². The molecule has 0 atom stereocenters. The third-order valence-electron chi connectivity index (χ3n) is 3.38. The Morgan fingerprint density at radius 3 is 2.53 bits per heavy atom. The van der Waals surface area contributed by atoms with Crippen LogP contribution in [0.5, 0.6) is 0 Å². The van der Waals surface area contributed by atoms with Crippen molar-refractivity contribution in [3.05, 3.63) is 29.0 Å². The minimum atomic E-state index is -0.871. The van der Waals surface area contributed by atoms with Crippen LogP contribution in [0.25, 0.3) is 0 Å². The second-order valence-electron chi connectivity index (χ2n) is 4.80. The summed E-state index contributed by atoms with van der Waals surface area (Å²) in [5.74, 6) is -0.862.